The molecule has 0 spiro atoms. The molecule has 0 aliphatic heterocycles. The van der Waals surface area contributed by atoms with E-state index >= 15 is 0 Å². The minimum absolute atomic E-state index is 0.0573. The Morgan fingerprint density at radius 1 is 0.680 bits per heavy atom. The van der Waals surface area contributed by atoms with Crippen molar-refractivity contribution in [3.8, 4) is 0 Å². The van der Waals surface area contributed by atoms with Crippen LogP contribution in [0.2, 0.25) is 0 Å². The number of benzene rings is 2. The van der Waals surface area contributed by atoms with Crippen LogP contribution < -0.4 is 49.1 Å². The summed E-state index contributed by atoms with van der Waals surface area (Å²) in [6.45, 7) is 4.44. The van der Waals surface area contributed by atoms with E-state index in [0.717, 1.165) is 11.1 Å². The van der Waals surface area contributed by atoms with Gasteiger partial charge < -0.3 is 49.1 Å². The minimum Gasteiger partial charge on any atom is -0.384 e. The van der Waals surface area contributed by atoms with Crippen LogP contribution in [0.4, 0.5) is 0 Å². The number of nitrogens with one attached hydrogen (secondary N) is 9. The Hall–Kier alpha value is -5.67. The van der Waals surface area contributed by atoms with E-state index in [0.29, 0.717) is 37.9 Å². The molecule has 50 heavy (non-hydrogen) atoms. The third-order valence-electron chi connectivity index (χ3n) is 7.99. The molecule has 16 heteroatoms. The van der Waals surface area contributed by atoms with Gasteiger partial charge in [-0.3, -0.25) is 35.4 Å². The SMILES string of the molecule is CC[C@H](C)[C@H](NC(=O)C(CCCNC(=N)N)NC(=O)Cc1ccccc1)C(=O)NC(CCCNC(=N)N)C(=O)NCc1ccc(C(=N)N)cc1. The summed E-state index contributed by atoms with van der Waals surface area (Å²) in [7, 11) is 0. The number of guanidine groups is 2. The van der Waals surface area contributed by atoms with Crippen LogP contribution in [-0.4, -0.2) is 72.6 Å². The molecule has 16 nitrogen and oxygen atoms in total. The van der Waals surface area contributed by atoms with Crippen molar-refractivity contribution in [1.82, 2.24) is 31.9 Å². The number of amides is 4. The molecule has 2 aromatic rings. The second kappa shape index (κ2) is 21.3. The molecule has 2 rings (SSSR count). The van der Waals surface area contributed by atoms with Gasteiger partial charge in [-0.05, 0) is 42.7 Å². The van der Waals surface area contributed by atoms with Crippen LogP contribution in [0, 0.1) is 22.1 Å². The second-order valence-electron chi connectivity index (χ2n) is 12.0. The number of rotatable bonds is 21. The highest BCUT2D eigenvalue weighted by molar-refractivity contribution is 5.95. The zero-order valence-electron chi connectivity index (χ0n) is 28.7. The number of carbonyl (C=O) groups excluding carboxylic acids is 4. The lowest BCUT2D eigenvalue weighted by molar-refractivity contribution is -0.134. The smallest absolute Gasteiger partial charge is 0.243 e. The van der Waals surface area contributed by atoms with Gasteiger partial charge in [0.15, 0.2) is 11.9 Å². The van der Waals surface area contributed by atoms with E-state index in [-0.39, 0.29) is 55.4 Å². The fourth-order valence-corrected chi connectivity index (χ4v) is 4.95. The van der Waals surface area contributed by atoms with Gasteiger partial charge in [0.2, 0.25) is 23.6 Å². The van der Waals surface area contributed by atoms with Crippen molar-refractivity contribution < 1.29 is 19.2 Å². The van der Waals surface area contributed by atoms with E-state index < -0.39 is 35.8 Å². The molecule has 2 aromatic carbocycles. The molecule has 0 saturated heterocycles. The number of hydrogen-bond acceptors (Lipinski definition) is 7. The molecule has 4 atom stereocenters. The Kier molecular flexibility index (Phi) is 17.3. The molecule has 0 aromatic heterocycles. The molecule has 0 aliphatic carbocycles. The summed E-state index contributed by atoms with van der Waals surface area (Å²) < 4.78 is 0. The van der Waals surface area contributed by atoms with Crippen molar-refractivity contribution >= 4 is 41.4 Å². The normalized spacial score (nSPS) is 13.0. The monoisotopic (exact) mass is 692 g/mol. The van der Waals surface area contributed by atoms with Gasteiger partial charge in [-0.2, -0.15) is 0 Å². The maximum atomic E-state index is 13.8. The van der Waals surface area contributed by atoms with Crippen LogP contribution in [0.5, 0.6) is 0 Å². The topological polar surface area (TPSA) is 290 Å². The molecule has 0 radical (unpaired) electrons. The molecule has 0 heterocycles. The van der Waals surface area contributed by atoms with Crippen molar-refractivity contribution in [2.75, 3.05) is 13.1 Å². The van der Waals surface area contributed by atoms with Crippen LogP contribution in [0.25, 0.3) is 0 Å². The average Bonchev–Trinajstić information content (AvgIpc) is 3.08. The molecule has 2 unspecified atom stereocenters. The van der Waals surface area contributed by atoms with E-state index in [1.165, 1.54) is 0 Å². The van der Waals surface area contributed by atoms with Crippen LogP contribution >= 0.6 is 0 Å². The van der Waals surface area contributed by atoms with Gasteiger partial charge in [0.25, 0.3) is 0 Å². The minimum atomic E-state index is -1.03. The first-order valence-corrected chi connectivity index (χ1v) is 16.6. The first-order valence-electron chi connectivity index (χ1n) is 16.6. The number of nitrogens with two attached hydrogens (primary N) is 3. The Labute approximate surface area is 293 Å². The Morgan fingerprint density at radius 3 is 1.76 bits per heavy atom. The highest BCUT2D eigenvalue weighted by atomic mass is 16.2. The van der Waals surface area contributed by atoms with Crippen LogP contribution in [-0.2, 0) is 32.1 Å². The summed E-state index contributed by atoms with van der Waals surface area (Å²) in [5.41, 5.74) is 18.4. The maximum absolute atomic E-state index is 13.8. The quantitative estimate of drug-likeness (QED) is 0.0470. The molecule has 0 saturated carbocycles. The van der Waals surface area contributed by atoms with E-state index in [4.69, 9.17) is 33.4 Å². The summed E-state index contributed by atoms with van der Waals surface area (Å²) in [4.78, 5) is 53.8. The van der Waals surface area contributed by atoms with Gasteiger partial charge >= 0.3 is 0 Å². The molecule has 4 amide bonds. The highest BCUT2D eigenvalue weighted by Gasteiger charge is 2.32. The van der Waals surface area contributed by atoms with Crippen molar-refractivity contribution in [1.29, 1.82) is 16.2 Å². The number of nitrogen functional groups attached to an aromatic ring is 1. The fraction of sp³-hybridized carbons (Fsp3) is 0.441. The fourth-order valence-electron chi connectivity index (χ4n) is 4.95. The highest BCUT2D eigenvalue weighted by Crippen LogP contribution is 2.12. The summed E-state index contributed by atoms with van der Waals surface area (Å²) in [6, 6.07) is 12.9. The maximum Gasteiger partial charge on any atom is 0.243 e. The molecular formula is C34H52N12O4. The van der Waals surface area contributed by atoms with Crippen LogP contribution in [0.1, 0.15) is 62.6 Å². The van der Waals surface area contributed by atoms with E-state index in [1.807, 2.05) is 37.3 Å². The largest absolute Gasteiger partial charge is 0.384 e. The van der Waals surface area contributed by atoms with Crippen molar-refractivity contribution in [2.24, 2.45) is 23.1 Å². The summed E-state index contributed by atoms with van der Waals surface area (Å²) in [5.74, 6) is -2.78. The Morgan fingerprint density at radius 2 is 1.24 bits per heavy atom. The van der Waals surface area contributed by atoms with E-state index in [9.17, 15) is 19.2 Å². The molecule has 0 aliphatic rings. The summed E-state index contributed by atoms with van der Waals surface area (Å²) in [5, 5.41) is 38.9. The van der Waals surface area contributed by atoms with Crippen LogP contribution in [0.15, 0.2) is 54.6 Å². The lowest BCUT2D eigenvalue weighted by Gasteiger charge is -2.28. The summed E-state index contributed by atoms with van der Waals surface area (Å²) >= 11 is 0. The van der Waals surface area contributed by atoms with Gasteiger partial charge in [-0.1, -0.05) is 74.9 Å². The molecule has 0 bridgehead atoms. The number of hydrogen-bond donors (Lipinski definition) is 12. The zero-order chi connectivity index (χ0) is 37.1. The van der Waals surface area contributed by atoms with E-state index in [1.54, 1.807) is 31.2 Å². The second-order valence-corrected chi connectivity index (χ2v) is 12.0. The molecule has 0 fully saturated rings. The third-order valence-corrected chi connectivity index (χ3v) is 7.99. The summed E-state index contributed by atoms with van der Waals surface area (Å²) in [6.07, 6.45) is 1.81. The zero-order valence-corrected chi connectivity index (χ0v) is 28.7. The van der Waals surface area contributed by atoms with Crippen molar-refractivity contribution in [2.45, 2.75) is 77.0 Å². The van der Waals surface area contributed by atoms with Crippen molar-refractivity contribution in [3.63, 3.8) is 0 Å². The predicted molar refractivity (Wildman–Crippen MR) is 193 cm³/mol. The Bertz CT molecular complexity index is 1450. The molecule has 15 N–H and O–H groups in total. The van der Waals surface area contributed by atoms with Gasteiger partial charge in [0, 0.05) is 25.2 Å². The van der Waals surface area contributed by atoms with E-state index in [2.05, 4.69) is 31.9 Å². The van der Waals surface area contributed by atoms with Gasteiger partial charge in [-0.25, -0.2) is 0 Å². The van der Waals surface area contributed by atoms with Crippen molar-refractivity contribution in [3.05, 3.63) is 71.3 Å². The average molecular weight is 693 g/mol. The first-order chi connectivity index (χ1) is 23.8. The molecule has 272 valence electrons. The predicted octanol–water partition coefficient (Wildman–Crippen LogP) is -0.143. The van der Waals surface area contributed by atoms with Gasteiger partial charge in [-0.15, -0.1) is 0 Å². The number of carbonyl (C=O) groups is 4. The van der Waals surface area contributed by atoms with Gasteiger partial charge in [0.05, 0.1) is 6.42 Å². The Balaban J connectivity index is 2.20. The lowest BCUT2D eigenvalue weighted by atomic mass is 9.96. The molecular weight excluding hydrogens is 640 g/mol. The van der Waals surface area contributed by atoms with Crippen LogP contribution in [0.3, 0.4) is 0 Å². The number of amidine groups is 1. The standard InChI is InChI=1S/C34H52N12O4/c1-3-21(2)28(46-31(49)26(12-8-18-42-34(39)40)44-27(47)19-22-9-5-4-6-10-22)32(50)45-25(11-7-17-41-33(37)38)30(48)43-20-23-13-15-24(16-14-23)29(35)36/h4-6,9-10,13-16,21,25-26,28H,3,7-8,11-12,17-20H2,1-2H3,(H3,35,36)(H,43,48)(H,44,47)(H,45,50)(H,46,49)(H4,37,38,41)(H4,39,40,42)/t21-,25?,26?,28-/m0/s1. The van der Waals surface area contributed by atoms with Gasteiger partial charge in [0.1, 0.15) is 24.0 Å². The lowest BCUT2D eigenvalue weighted by Crippen LogP contribution is -2.58. The third kappa shape index (κ3) is 15.0. The first kappa shape index (κ1) is 40.5.